The smallest absolute Gasteiger partial charge is 0.0897 e. The van der Waals surface area contributed by atoms with Gasteiger partial charge in [0.25, 0.3) is 0 Å². The Bertz CT molecular complexity index is 260. The van der Waals surface area contributed by atoms with Crippen molar-refractivity contribution in [2.45, 2.75) is 83.5 Å². The van der Waals surface area contributed by atoms with Crippen LogP contribution < -0.4 is 5.32 Å². The first-order valence-electron chi connectivity index (χ1n) is 8.68. The fourth-order valence-electron chi connectivity index (χ4n) is 3.78. The third-order valence-electron chi connectivity index (χ3n) is 5.19. The minimum absolute atomic E-state index is 0.365. The average molecular weight is 283 g/mol. The Labute approximate surface area is 124 Å². The van der Waals surface area contributed by atoms with Crippen molar-refractivity contribution in [2.24, 2.45) is 11.8 Å². The highest BCUT2D eigenvalue weighted by molar-refractivity contribution is 4.78. The summed E-state index contributed by atoms with van der Waals surface area (Å²) < 4.78 is 5.88. The van der Waals surface area contributed by atoms with Crippen LogP contribution in [-0.4, -0.2) is 36.5 Å². The fraction of sp³-hybridized carbons (Fsp3) is 1.00. The quantitative estimate of drug-likeness (QED) is 0.754. The second-order valence-corrected chi connectivity index (χ2v) is 7.12. The highest BCUT2D eigenvalue weighted by Gasteiger charge is 2.23. The number of hydrogen-bond acceptors (Lipinski definition) is 3. The number of aliphatic hydroxyl groups is 1. The molecule has 2 rings (SSSR count). The van der Waals surface area contributed by atoms with E-state index in [-0.39, 0.29) is 6.10 Å². The van der Waals surface area contributed by atoms with E-state index in [1.807, 2.05) is 0 Å². The molecule has 3 heteroatoms. The molecule has 2 saturated carbocycles. The minimum atomic E-state index is -0.365. The van der Waals surface area contributed by atoms with E-state index in [9.17, 15) is 5.11 Å². The molecule has 4 atom stereocenters. The first kappa shape index (κ1) is 16.3. The Kier molecular flexibility index (Phi) is 6.79. The van der Waals surface area contributed by atoms with Crippen molar-refractivity contribution in [2.75, 3.05) is 13.2 Å². The van der Waals surface area contributed by atoms with Gasteiger partial charge in [0.2, 0.25) is 0 Å². The molecule has 0 aromatic carbocycles. The lowest BCUT2D eigenvalue weighted by Gasteiger charge is -2.28. The zero-order chi connectivity index (χ0) is 14.4. The van der Waals surface area contributed by atoms with Crippen LogP contribution in [0.5, 0.6) is 0 Å². The summed E-state index contributed by atoms with van der Waals surface area (Å²) in [6, 6.07) is 0.529. The van der Waals surface area contributed by atoms with Crippen LogP contribution >= 0.6 is 0 Å². The van der Waals surface area contributed by atoms with Crippen LogP contribution in [0.3, 0.4) is 0 Å². The fourth-order valence-corrected chi connectivity index (χ4v) is 3.78. The van der Waals surface area contributed by atoms with Gasteiger partial charge in [0, 0.05) is 12.6 Å². The topological polar surface area (TPSA) is 41.5 Å². The first-order chi connectivity index (χ1) is 9.65. The Morgan fingerprint density at radius 1 is 1.15 bits per heavy atom. The summed E-state index contributed by atoms with van der Waals surface area (Å²) in [4.78, 5) is 0. The molecule has 2 aliphatic carbocycles. The summed E-state index contributed by atoms with van der Waals surface area (Å²) in [5.41, 5.74) is 0. The zero-order valence-corrected chi connectivity index (χ0v) is 13.3. The van der Waals surface area contributed by atoms with Gasteiger partial charge in [-0.2, -0.15) is 0 Å². The van der Waals surface area contributed by atoms with Crippen molar-refractivity contribution in [3.8, 4) is 0 Å². The maximum atomic E-state index is 10.0. The van der Waals surface area contributed by atoms with Crippen molar-refractivity contribution in [1.29, 1.82) is 0 Å². The Hall–Kier alpha value is -0.120. The molecule has 0 aromatic heterocycles. The minimum Gasteiger partial charge on any atom is -0.389 e. The van der Waals surface area contributed by atoms with Crippen LogP contribution in [0.1, 0.15) is 65.2 Å². The third-order valence-corrected chi connectivity index (χ3v) is 5.19. The Morgan fingerprint density at radius 2 is 1.90 bits per heavy atom. The molecule has 0 aromatic rings. The van der Waals surface area contributed by atoms with Gasteiger partial charge in [-0.15, -0.1) is 0 Å². The summed E-state index contributed by atoms with van der Waals surface area (Å²) in [7, 11) is 0. The van der Waals surface area contributed by atoms with Crippen LogP contribution in [0.4, 0.5) is 0 Å². The third kappa shape index (κ3) is 5.34. The van der Waals surface area contributed by atoms with Crippen LogP contribution in [0.25, 0.3) is 0 Å². The van der Waals surface area contributed by atoms with Crippen molar-refractivity contribution in [1.82, 2.24) is 5.32 Å². The summed E-state index contributed by atoms with van der Waals surface area (Å²) in [5, 5.41) is 13.5. The normalized spacial score (nSPS) is 31.4. The molecule has 4 unspecified atom stereocenters. The molecule has 0 bridgehead atoms. The van der Waals surface area contributed by atoms with Gasteiger partial charge < -0.3 is 15.2 Å². The zero-order valence-electron chi connectivity index (χ0n) is 13.3. The van der Waals surface area contributed by atoms with Crippen LogP contribution in [0.2, 0.25) is 0 Å². The maximum absolute atomic E-state index is 10.0. The van der Waals surface area contributed by atoms with Gasteiger partial charge in [0.1, 0.15) is 0 Å². The molecule has 0 radical (unpaired) electrons. The van der Waals surface area contributed by atoms with Crippen molar-refractivity contribution >= 4 is 0 Å². The molecule has 2 aliphatic rings. The second kappa shape index (κ2) is 8.35. The van der Waals surface area contributed by atoms with Crippen molar-refractivity contribution < 1.29 is 9.84 Å². The molecule has 0 saturated heterocycles. The Morgan fingerprint density at radius 3 is 2.60 bits per heavy atom. The van der Waals surface area contributed by atoms with Crippen molar-refractivity contribution in [3.63, 3.8) is 0 Å². The highest BCUT2D eigenvalue weighted by atomic mass is 16.5. The van der Waals surface area contributed by atoms with E-state index in [1.165, 1.54) is 51.4 Å². The Balaban J connectivity index is 1.56. The molecule has 0 amide bonds. The van der Waals surface area contributed by atoms with Crippen LogP contribution in [0.15, 0.2) is 0 Å². The molecule has 20 heavy (non-hydrogen) atoms. The maximum Gasteiger partial charge on any atom is 0.0897 e. The monoisotopic (exact) mass is 283 g/mol. The molecule has 0 aliphatic heterocycles. The van der Waals surface area contributed by atoms with Gasteiger partial charge in [0.05, 0.1) is 18.8 Å². The molecule has 3 nitrogen and oxygen atoms in total. The number of nitrogens with one attached hydrogen (secondary N) is 1. The lowest BCUT2D eigenvalue weighted by molar-refractivity contribution is -0.0314. The van der Waals surface area contributed by atoms with Gasteiger partial charge in [-0.3, -0.25) is 0 Å². The first-order valence-corrected chi connectivity index (χ1v) is 8.68. The lowest BCUT2D eigenvalue weighted by atomic mass is 9.89. The largest absolute Gasteiger partial charge is 0.389 e. The van der Waals surface area contributed by atoms with E-state index in [1.54, 1.807) is 0 Å². The van der Waals surface area contributed by atoms with Crippen LogP contribution in [-0.2, 0) is 4.74 Å². The van der Waals surface area contributed by atoms with E-state index < -0.39 is 0 Å². The van der Waals surface area contributed by atoms with Gasteiger partial charge >= 0.3 is 0 Å². The average Bonchev–Trinajstić information content (AvgIpc) is 2.97. The molecule has 2 N–H and O–H groups in total. The molecule has 118 valence electrons. The second-order valence-electron chi connectivity index (χ2n) is 7.12. The standard InChI is InChI=1S/C17H33NO2/c1-13-6-5-9-17(10-13)20-12-16(19)11-18-14(2)15-7-3-4-8-15/h13-19H,3-12H2,1-2H3. The van der Waals surface area contributed by atoms with Gasteiger partial charge in [-0.25, -0.2) is 0 Å². The van der Waals surface area contributed by atoms with Gasteiger partial charge in [-0.05, 0) is 44.4 Å². The van der Waals surface area contributed by atoms with Gasteiger partial charge in [-0.1, -0.05) is 32.6 Å². The predicted octanol–water partition coefficient (Wildman–Crippen LogP) is 3.11. The van der Waals surface area contributed by atoms with Gasteiger partial charge in [0.15, 0.2) is 0 Å². The van der Waals surface area contributed by atoms with Crippen LogP contribution in [0, 0.1) is 11.8 Å². The van der Waals surface area contributed by atoms with E-state index in [0.717, 1.165) is 11.8 Å². The van der Waals surface area contributed by atoms with E-state index in [4.69, 9.17) is 4.74 Å². The number of rotatable bonds is 7. The summed E-state index contributed by atoms with van der Waals surface area (Å²) in [5.74, 6) is 1.59. The SMILES string of the molecule is CC1CCCC(OCC(O)CNC(C)C2CCCC2)C1. The van der Waals surface area contributed by atoms with E-state index in [2.05, 4.69) is 19.2 Å². The number of aliphatic hydroxyl groups excluding tert-OH is 1. The summed E-state index contributed by atoms with van der Waals surface area (Å²) in [6.45, 7) is 5.71. The molecule has 0 heterocycles. The summed E-state index contributed by atoms with van der Waals surface area (Å²) in [6.07, 6.45) is 10.4. The molecular formula is C17H33NO2. The molecule has 0 spiro atoms. The van der Waals surface area contributed by atoms with E-state index in [0.29, 0.717) is 25.3 Å². The predicted molar refractivity (Wildman–Crippen MR) is 82.8 cm³/mol. The molecule has 2 fully saturated rings. The molecular weight excluding hydrogens is 250 g/mol. The van der Waals surface area contributed by atoms with E-state index >= 15 is 0 Å². The highest BCUT2D eigenvalue weighted by Crippen LogP contribution is 2.27. The number of ether oxygens (including phenoxy) is 1. The summed E-state index contributed by atoms with van der Waals surface area (Å²) >= 11 is 0. The number of hydrogen-bond donors (Lipinski definition) is 2. The lowest BCUT2D eigenvalue weighted by Crippen LogP contribution is -2.40. The van der Waals surface area contributed by atoms with Crippen molar-refractivity contribution in [3.05, 3.63) is 0 Å².